The van der Waals surface area contributed by atoms with Crippen LogP contribution >= 0.6 is 27.5 Å². The van der Waals surface area contributed by atoms with Crippen molar-refractivity contribution in [2.45, 2.75) is 11.5 Å². The minimum absolute atomic E-state index is 0.161. The molecule has 2 unspecified atom stereocenters. The average Bonchev–Trinajstić information content (AvgIpc) is 1.80. The quantitative estimate of drug-likeness (QED) is 0.473. The third-order valence-electron chi connectivity index (χ3n) is 1.01. The van der Waals surface area contributed by atoms with Gasteiger partial charge in [0.25, 0.3) is 0 Å². The Labute approximate surface area is 66.9 Å². The Morgan fingerprint density at radius 3 is 2.89 bits per heavy atom. The average molecular weight is 209 g/mol. The zero-order chi connectivity index (χ0) is 6.85. The van der Waals surface area contributed by atoms with Crippen molar-refractivity contribution in [3.05, 3.63) is 10.6 Å². The van der Waals surface area contributed by atoms with E-state index < -0.39 is 0 Å². The summed E-state index contributed by atoms with van der Waals surface area (Å²) in [5.74, 6) is 0. The van der Waals surface area contributed by atoms with E-state index in [1.165, 1.54) is 0 Å². The molecule has 0 saturated carbocycles. The molecule has 0 saturated heterocycles. The van der Waals surface area contributed by atoms with Crippen LogP contribution < -0.4 is 5.73 Å². The molecule has 1 rings (SSSR count). The normalized spacial score (nSPS) is 34.3. The van der Waals surface area contributed by atoms with Gasteiger partial charge < -0.3 is 5.73 Å². The van der Waals surface area contributed by atoms with Gasteiger partial charge in [-0.3, -0.25) is 4.99 Å². The zero-order valence-electron chi connectivity index (χ0n) is 4.59. The number of alkyl halides is 1. The van der Waals surface area contributed by atoms with Crippen LogP contribution in [-0.4, -0.2) is 17.8 Å². The number of hydrogen-bond acceptors (Lipinski definition) is 2. The van der Waals surface area contributed by atoms with Crippen LogP contribution in [0.1, 0.15) is 0 Å². The van der Waals surface area contributed by atoms with Crippen molar-refractivity contribution in [1.29, 1.82) is 0 Å². The second-order valence-electron chi connectivity index (χ2n) is 1.78. The molecule has 4 heteroatoms. The van der Waals surface area contributed by atoms with Crippen molar-refractivity contribution in [3.63, 3.8) is 0 Å². The Morgan fingerprint density at radius 2 is 2.44 bits per heavy atom. The summed E-state index contributed by atoms with van der Waals surface area (Å²) in [6, 6.07) is -0.161. The molecule has 2 nitrogen and oxygen atoms in total. The highest BCUT2D eigenvalue weighted by Gasteiger charge is 2.13. The third kappa shape index (κ3) is 1.78. The fraction of sp³-hybridized carbons (Fsp3) is 0.400. The van der Waals surface area contributed by atoms with E-state index in [0.717, 1.165) is 4.48 Å². The highest BCUT2D eigenvalue weighted by molar-refractivity contribution is 9.12. The molecule has 0 aromatic heterocycles. The first-order valence-corrected chi connectivity index (χ1v) is 3.73. The van der Waals surface area contributed by atoms with Crippen LogP contribution in [0.15, 0.2) is 15.6 Å². The van der Waals surface area contributed by atoms with Crippen molar-refractivity contribution < 1.29 is 0 Å². The van der Waals surface area contributed by atoms with Crippen molar-refractivity contribution in [3.8, 4) is 0 Å². The highest BCUT2D eigenvalue weighted by Crippen LogP contribution is 2.14. The fourth-order valence-electron chi connectivity index (χ4n) is 0.548. The molecule has 0 aromatic carbocycles. The maximum absolute atomic E-state index is 5.64. The van der Waals surface area contributed by atoms with Gasteiger partial charge in [-0.15, -0.1) is 0 Å². The van der Waals surface area contributed by atoms with Crippen molar-refractivity contribution >= 4 is 33.7 Å². The standard InChI is InChI=1S/C5H6BrClN2/c6-3-1-4(8)5(7)9-2-3/h1-2,4-5H,8H2. The third-order valence-corrected chi connectivity index (χ3v) is 1.88. The van der Waals surface area contributed by atoms with E-state index in [-0.39, 0.29) is 11.5 Å². The van der Waals surface area contributed by atoms with Crippen LogP contribution in [0.5, 0.6) is 0 Å². The van der Waals surface area contributed by atoms with Gasteiger partial charge in [0.2, 0.25) is 0 Å². The molecule has 0 spiro atoms. The van der Waals surface area contributed by atoms with Crippen molar-refractivity contribution in [2.24, 2.45) is 10.7 Å². The van der Waals surface area contributed by atoms with Gasteiger partial charge in [0.05, 0.1) is 6.04 Å². The van der Waals surface area contributed by atoms with E-state index in [2.05, 4.69) is 20.9 Å². The van der Waals surface area contributed by atoms with Gasteiger partial charge in [-0.2, -0.15) is 0 Å². The predicted molar refractivity (Wildman–Crippen MR) is 43.1 cm³/mol. The van der Waals surface area contributed by atoms with E-state index in [9.17, 15) is 0 Å². The Bertz CT molecular complexity index is 166. The maximum atomic E-state index is 5.64. The number of allylic oxidation sites excluding steroid dienone is 1. The lowest BCUT2D eigenvalue weighted by atomic mass is 10.2. The monoisotopic (exact) mass is 208 g/mol. The van der Waals surface area contributed by atoms with Crippen LogP contribution in [0.3, 0.4) is 0 Å². The second-order valence-corrected chi connectivity index (χ2v) is 3.14. The molecule has 2 atom stereocenters. The first-order chi connectivity index (χ1) is 4.20. The number of dihydropyridines is 1. The Balaban J connectivity index is 2.70. The first-order valence-electron chi connectivity index (χ1n) is 2.50. The van der Waals surface area contributed by atoms with Crippen molar-refractivity contribution in [1.82, 2.24) is 0 Å². The molecule has 9 heavy (non-hydrogen) atoms. The highest BCUT2D eigenvalue weighted by atomic mass is 79.9. The Hall–Kier alpha value is 0.140. The second kappa shape index (κ2) is 2.82. The SMILES string of the molecule is NC1C=C(Br)C=NC1Cl. The molecule has 1 aliphatic rings. The van der Waals surface area contributed by atoms with Crippen LogP contribution in [0, 0.1) is 0 Å². The topological polar surface area (TPSA) is 38.4 Å². The lowest BCUT2D eigenvalue weighted by Gasteiger charge is -2.13. The molecule has 0 amide bonds. The number of hydrogen-bond donors (Lipinski definition) is 1. The summed E-state index contributed by atoms with van der Waals surface area (Å²) in [5, 5.41) is 0. The van der Waals surface area contributed by atoms with E-state index in [0.29, 0.717) is 0 Å². The number of halogens is 2. The van der Waals surface area contributed by atoms with Gasteiger partial charge in [0.15, 0.2) is 0 Å². The van der Waals surface area contributed by atoms with Crippen LogP contribution in [0.25, 0.3) is 0 Å². The van der Waals surface area contributed by atoms with Gasteiger partial charge in [-0.25, -0.2) is 0 Å². The number of aliphatic imine (C=N–C) groups is 1. The minimum atomic E-state index is -0.300. The molecule has 2 N–H and O–H groups in total. The predicted octanol–water partition coefficient (Wildman–Crippen LogP) is 1.24. The molecule has 50 valence electrons. The molecular formula is C5H6BrClN2. The molecular weight excluding hydrogens is 203 g/mol. The molecule has 0 aromatic rings. The van der Waals surface area contributed by atoms with Crippen LogP contribution in [-0.2, 0) is 0 Å². The van der Waals surface area contributed by atoms with Gasteiger partial charge in [-0.1, -0.05) is 11.6 Å². The summed E-state index contributed by atoms with van der Waals surface area (Å²) < 4.78 is 0.895. The summed E-state index contributed by atoms with van der Waals surface area (Å²) in [5.41, 5.74) is 5.22. The summed E-state index contributed by atoms with van der Waals surface area (Å²) >= 11 is 8.87. The molecule has 0 aliphatic carbocycles. The van der Waals surface area contributed by atoms with Gasteiger partial charge in [0, 0.05) is 10.7 Å². The maximum Gasteiger partial charge on any atom is 0.142 e. The Kier molecular flexibility index (Phi) is 2.27. The van der Waals surface area contributed by atoms with E-state index in [1.807, 2.05) is 6.08 Å². The molecule has 1 heterocycles. The fourth-order valence-corrected chi connectivity index (χ4v) is 1.10. The van der Waals surface area contributed by atoms with Crippen LogP contribution in [0.4, 0.5) is 0 Å². The van der Waals surface area contributed by atoms with E-state index in [4.69, 9.17) is 17.3 Å². The number of nitrogens with two attached hydrogens (primary N) is 1. The minimum Gasteiger partial charge on any atom is -0.322 e. The van der Waals surface area contributed by atoms with E-state index >= 15 is 0 Å². The summed E-state index contributed by atoms with van der Waals surface area (Å²) in [4.78, 5) is 3.89. The molecule has 0 bridgehead atoms. The van der Waals surface area contributed by atoms with Gasteiger partial charge >= 0.3 is 0 Å². The smallest absolute Gasteiger partial charge is 0.142 e. The number of nitrogens with zero attached hydrogens (tertiary/aromatic N) is 1. The zero-order valence-corrected chi connectivity index (χ0v) is 6.93. The van der Waals surface area contributed by atoms with Crippen molar-refractivity contribution in [2.75, 3.05) is 0 Å². The van der Waals surface area contributed by atoms with Gasteiger partial charge in [-0.05, 0) is 22.0 Å². The summed E-state index contributed by atoms with van der Waals surface area (Å²) in [7, 11) is 0. The van der Waals surface area contributed by atoms with Crippen LogP contribution in [0.2, 0.25) is 0 Å². The molecule has 0 fully saturated rings. The summed E-state index contributed by atoms with van der Waals surface area (Å²) in [6.07, 6.45) is 3.48. The summed E-state index contributed by atoms with van der Waals surface area (Å²) in [6.45, 7) is 0. The van der Waals surface area contributed by atoms with E-state index in [1.54, 1.807) is 6.21 Å². The molecule has 1 aliphatic heterocycles. The number of rotatable bonds is 0. The molecule has 0 radical (unpaired) electrons. The first kappa shape index (κ1) is 7.25. The lowest BCUT2D eigenvalue weighted by molar-refractivity contribution is 0.761. The lowest BCUT2D eigenvalue weighted by Crippen LogP contribution is -2.29. The van der Waals surface area contributed by atoms with Gasteiger partial charge in [0.1, 0.15) is 5.50 Å². The Morgan fingerprint density at radius 1 is 1.78 bits per heavy atom. The largest absolute Gasteiger partial charge is 0.322 e.